The lowest BCUT2D eigenvalue weighted by molar-refractivity contribution is 0.0817. The fourth-order valence-electron chi connectivity index (χ4n) is 2.10. The van der Waals surface area contributed by atoms with Gasteiger partial charge in [0.2, 0.25) is 0 Å². The minimum atomic E-state index is -0.511. The largest absolute Gasteiger partial charge is 0.391 e. The van der Waals surface area contributed by atoms with E-state index < -0.39 is 6.10 Å². The first-order chi connectivity index (χ1) is 8.99. The van der Waals surface area contributed by atoms with Crippen molar-refractivity contribution in [2.45, 2.75) is 39.7 Å². The van der Waals surface area contributed by atoms with Crippen LogP contribution >= 0.6 is 11.6 Å². The Kier molecular flexibility index (Phi) is 6.32. The molecule has 1 rings (SSSR count). The van der Waals surface area contributed by atoms with Crippen LogP contribution in [0.2, 0.25) is 5.02 Å². The lowest BCUT2D eigenvalue weighted by Crippen LogP contribution is -2.36. The third kappa shape index (κ3) is 4.51. The average Bonchev–Trinajstić information content (AvgIpc) is 2.37. The van der Waals surface area contributed by atoms with Crippen LogP contribution in [0.4, 0.5) is 0 Å². The van der Waals surface area contributed by atoms with Crippen LogP contribution in [0.25, 0.3) is 0 Å². The molecule has 0 aromatic heterocycles. The maximum atomic E-state index is 12.0. The van der Waals surface area contributed by atoms with E-state index >= 15 is 0 Å². The van der Waals surface area contributed by atoms with Crippen molar-refractivity contribution >= 4 is 17.5 Å². The Morgan fingerprint density at radius 3 is 2.53 bits per heavy atom. The molecule has 0 aliphatic carbocycles. The maximum Gasteiger partial charge on any atom is 0.252 e. The third-order valence-corrected chi connectivity index (χ3v) is 3.75. The molecule has 0 bridgehead atoms. The molecule has 1 aromatic carbocycles. The third-order valence-electron chi connectivity index (χ3n) is 3.43. The van der Waals surface area contributed by atoms with Crippen molar-refractivity contribution in [3.63, 3.8) is 0 Å². The van der Waals surface area contributed by atoms with Crippen LogP contribution in [0.1, 0.15) is 42.6 Å². The molecule has 1 atom stereocenters. The summed E-state index contributed by atoms with van der Waals surface area (Å²) < 4.78 is 0. The molecule has 1 unspecified atom stereocenters. The van der Waals surface area contributed by atoms with Crippen molar-refractivity contribution < 1.29 is 9.90 Å². The Bertz CT molecular complexity index is 430. The van der Waals surface area contributed by atoms with Crippen molar-refractivity contribution in [2.75, 3.05) is 6.54 Å². The van der Waals surface area contributed by atoms with Crippen molar-refractivity contribution in [3.05, 3.63) is 34.3 Å². The molecule has 0 aliphatic rings. The molecule has 0 aliphatic heterocycles. The van der Waals surface area contributed by atoms with Gasteiger partial charge in [-0.25, -0.2) is 0 Å². The molecule has 0 spiro atoms. The van der Waals surface area contributed by atoms with E-state index in [1.54, 1.807) is 12.1 Å². The fourth-order valence-corrected chi connectivity index (χ4v) is 2.42. The summed E-state index contributed by atoms with van der Waals surface area (Å²) in [5, 5.41) is 13.1. The van der Waals surface area contributed by atoms with Gasteiger partial charge in [0, 0.05) is 6.54 Å². The Balaban J connectivity index is 2.60. The van der Waals surface area contributed by atoms with Crippen LogP contribution in [0, 0.1) is 12.8 Å². The van der Waals surface area contributed by atoms with E-state index in [0.29, 0.717) is 10.6 Å². The standard InChI is InChI=1S/C15H22ClNO2/c1-4-11(5-2)14(18)9-17-15(19)12-7-6-10(3)8-13(12)16/h6-8,11,14,18H,4-5,9H2,1-3H3,(H,17,19). The summed E-state index contributed by atoms with van der Waals surface area (Å²) in [7, 11) is 0. The van der Waals surface area contributed by atoms with Gasteiger partial charge in [-0.15, -0.1) is 0 Å². The number of aliphatic hydroxyl groups is 1. The molecular weight excluding hydrogens is 262 g/mol. The lowest BCUT2D eigenvalue weighted by atomic mass is 9.96. The number of carbonyl (C=O) groups is 1. The van der Waals surface area contributed by atoms with Crippen molar-refractivity contribution in [2.24, 2.45) is 5.92 Å². The molecule has 0 fully saturated rings. The average molecular weight is 284 g/mol. The Hall–Kier alpha value is -1.06. The van der Waals surface area contributed by atoms with Crippen molar-refractivity contribution in [1.82, 2.24) is 5.32 Å². The molecular formula is C15H22ClNO2. The van der Waals surface area contributed by atoms with Crippen LogP contribution in [-0.2, 0) is 0 Å². The predicted octanol–water partition coefficient (Wildman–Crippen LogP) is 3.18. The van der Waals surface area contributed by atoms with Gasteiger partial charge in [0.15, 0.2) is 0 Å². The molecule has 19 heavy (non-hydrogen) atoms. The van der Waals surface area contributed by atoms with Gasteiger partial charge in [0.25, 0.3) is 5.91 Å². The van der Waals surface area contributed by atoms with Gasteiger partial charge in [-0.1, -0.05) is 44.4 Å². The first-order valence-electron chi connectivity index (χ1n) is 6.72. The smallest absolute Gasteiger partial charge is 0.252 e. The topological polar surface area (TPSA) is 49.3 Å². The molecule has 0 saturated heterocycles. The molecule has 0 radical (unpaired) electrons. The van der Waals surface area contributed by atoms with E-state index in [1.807, 2.05) is 26.8 Å². The number of aliphatic hydroxyl groups excluding tert-OH is 1. The van der Waals surface area contributed by atoms with Crippen LogP contribution in [-0.4, -0.2) is 23.7 Å². The molecule has 1 amide bonds. The number of amides is 1. The van der Waals surface area contributed by atoms with E-state index in [4.69, 9.17) is 11.6 Å². The van der Waals surface area contributed by atoms with E-state index in [2.05, 4.69) is 5.32 Å². The van der Waals surface area contributed by atoms with E-state index in [1.165, 1.54) is 0 Å². The van der Waals surface area contributed by atoms with E-state index in [0.717, 1.165) is 18.4 Å². The quantitative estimate of drug-likeness (QED) is 0.842. The van der Waals surface area contributed by atoms with E-state index in [-0.39, 0.29) is 18.4 Å². The SMILES string of the molecule is CCC(CC)C(O)CNC(=O)c1ccc(C)cc1Cl. The molecule has 3 nitrogen and oxygen atoms in total. The predicted molar refractivity (Wildman–Crippen MR) is 78.6 cm³/mol. The minimum absolute atomic E-state index is 0.216. The highest BCUT2D eigenvalue weighted by Gasteiger charge is 2.17. The number of rotatable bonds is 6. The second kappa shape index (κ2) is 7.51. The molecule has 106 valence electrons. The van der Waals surface area contributed by atoms with Gasteiger partial charge in [0.1, 0.15) is 0 Å². The highest BCUT2D eigenvalue weighted by molar-refractivity contribution is 6.33. The molecule has 4 heteroatoms. The zero-order chi connectivity index (χ0) is 14.4. The number of hydrogen-bond acceptors (Lipinski definition) is 2. The summed E-state index contributed by atoms with van der Waals surface area (Å²) in [5.74, 6) is -0.0243. The number of hydrogen-bond donors (Lipinski definition) is 2. The monoisotopic (exact) mass is 283 g/mol. The summed E-state index contributed by atoms with van der Waals surface area (Å²) in [6.45, 7) is 6.26. The Morgan fingerprint density at radius 1 is 1.37 bits per heavy atom. The molecule has 1 aromatic rings. The van der Waals surface area contributed by atoms with Crippen LogP contribution < -0.4 is 5.32 Å². The van der Waals surface area contributed by atoms with Gasteiger partial charge in [-0.05, 0) is 30.5 Å². The summed E-state index contributed by atoms with van der Waals surface area (Å²) in [4.78, 5) is 12.0. The van der Waals surface area contributed by atoms with Gasteiger partial charge in [0.05, 0.1) is 16.7 Å². The number of benzene rings is 1. The van der Waals surface area contributed by atoms with Crippen molar-refractivity contribution in [1.29, 1.82) is 0 Å². The second-order valence-corrected chi connectivity index (χ2v) is 5.24. The zero-order valence-corrected chi connectivity index (χ0v) is 12.5. The lowest BCUT2D eigenvalue weighted by Gasteiger charge is -2.20. The van der Waals surface area contributed by atoms with Crippen LogP contribution in [0.15, 0.2) is 18.2 Å². The summed E-state index contributed by atoms with van der Waals surface area (Å²) >= 11 is 6.03. The zero-order valence-electron chi connectivity index (χ0n) is 11.7. The van der Waals surface area contributed by atoms with Crippen molar-refractivity contribution in [3.8, 4) is 0 Å². The summed E-state index contributed by atoms with van der Waals surface area (Å²) in [5.41, 5.74) is 1.46. The summed E-state index contributed by atoms with van der Waals surface area (Å²) in [6.07, 6.45) is 1.29. The highest BCUT2D eigenvalue weighted by Crippen LogP contribution is 2.18. The molecule has 0 heterocycles. The van der Waals surface area contributed by atoms with Crippen LogP contribution in [0.5, 0.6) is 0 Å². The normalized spacial score (nSPS) is 12.5. The molecule has 0 saturated carbocycles. The van der Waals surface area contributed by atoms with E-state index in [9.17, 15) is 9.90 Å². The second-order valence-electron chi connectivity index (χ2n) is 4.84. The summed E-state index contributed by atoms with van der Waals surface area (Å²) in [6, 6.07) is 5.31. The number of nitrogens with one attached hydrogen (secondary N) is 1. The van der Waals surface area contributed by atoms with Gasteiger partial charge in [-0.2, -0.15) is 0 Å². The number of halogens is 1. The highest BCUT2D eigenvalue weighted by atomic mass is 35.5. The number of aryl methyl sites for hydroxylation is 1. The maximum absolute atomic E-state index is 12.0. The van der Waals surface area contributed by atoms with Gasteiger partial charge >= 0.3 is 0 Å². The molecule has 2 N–H and O–H groups in total. The fraction of sp³-hybridized carbons (Fsp3) is 0.533. The Labute approximate surface area is 120 Å². The van der Waals surface area contributed by atoms with Crippen LogP contribution in [0.3, 0.4) is 0 Å². The first kappa shape index (κ1) is 16.0. The number of carbonyl (C=O) groups excluding carboxylic acids is 1. The Morgan fingerprint density at radius 2 is 2.00 bits per heavy atom. The minimum Gasteiger partial charge on any atom is -0.391 e. The van der Waals surface area contributed by atoms with Gasteiger partial charge in [-0.3, -0.25) is 4.79 Å². The first-order valence-corrected chi connectivity index (χ1v) is 7.09. The van der Waals surface area contributed by atoms with Gasteiger partial charge < -0.3 is 10.4 Å².